The number of urea groups is 1. The zero-order valence-corrected chi connectivity index (χ0v) is 36.4. The molecule has 13 N–H and O–H groups in total. The van der Waals surface area contributed by atoms with E-state index in [2.05, 4.69) is 42.5 Å². The normalized spacial score (nSPS) is 19.2. The van der Waals surface area contributed by atoms with Crippen LogP contribution in [0.25, 0.3) is 0 Å². The number of nitrogens with two attached hydrogens (primary N) is 1. The zero-order valence-electron chi connectivity index (χ0n) is 34.8. The molecule has 2 aliphatic heterocycles. The number of nitrogens with one attached hydrogen (secondary N) is 9. The molecule has 0 aromatic rings. The Morgan fingerprint density at radius 2 is 1.53 bits per heavy atom. The number of fused-ring (bicyclic) bond motifs is 1. The summed E-state index contributed by atoms with van der Waals surface area (Å²) in [6.45, 7) is 4.19. The Balaban J connectivity index is 1.73. The standard InChI is InChI=1S/C37H64N10O11S2/c1-20(2)15-22(16-28(50)47-58)34(54)45-31(21(3)48)36(56)43-24(12-14-59-4)35(55)41-17-29(51)40-18-30(52)42-23(33(38)53)9-7-8-13-39-27(49)11-6-5-10-26-32-25(19-60-26)44-37(57)46-32/h20-26,31-32,48,58H,5-19H2,1-4H3,(H2,38,53)(H,39,49)(H,40,51)(H,41,55)(H,42,52)(H,43,56)(H,45,54)(H,47,50)(H2,44,46,57)/t21-,22?,23+,24+,25+,26+,31+,32+/m1/s1. The Labute approximate surface area is 358 Å². The number of aliphatic hydroxyl groups is 1. The van der Waals surface area contributed by atoms with Crippen LogP contribution in [0.1, 0.15) is 85.0 Å². The Kier molecular flexibility index (Phi) is 23.7. The average Bonchev–Trinajstić information content (AvgIpc) is 3.75. The fourth-order valence-electron chi connectivity index (χ4n) is 6.69. The van der Waals surface area contributed by atoms with Crippen molar-refractivity contribution in [3.05, 3.63) is 0 Å². The minimum absolute atomic E-state index is 0.0203. The third kappa shape index (κ3) is 19.4. The van der Waals surface area contributed by atoms with E-state index in [-0.39, 0.29) is 55.6 Å². The summed E-state index contributed by atoms with van der Waals surface area (Å²) in [5.74, 6) is -5.08. The van der Waals surface area contributed by atoms with E-state index in [1.54, 1.807) is 6.26 Å². The number of amides is 10. The van der Waals surface area contributed by atoms with Crippen LogP contribution in [0.4, 0.5) is 4.79 Å². The van der Waals surface area contributed by atoms with Crippen molar-refractivity contribution in [1.82, 2.24) is 48.0 Å². The van der Waals surface area contributed by atoms with E-state index in [1.807, 2.05) is 25.6 Å². The summed E-state index contributed by atoms with van der Waals surface area (Å²) < 4.78 is 0. The van der Waals surface area contributed by atoms with Gasteiger partial charge in [0.05, 0.1) is 31.3 Å². The molecule has 8 atom stereocenters. The monoisotopic (exact) mass is 888 g/mol. The number of hydroxylamine groups is 1. The van der Waals surface area contributed by atoms with Gasteiger partial charge in [-0.05, 0) is 69.8 Å². The van der Waals surface area contributed by atoms with Gasteiger partial charge in [-0.15, -0.1) is 0 Å². The smallest absolute Gasteiger partial charge is 0.315 e. The van der Waals surface area contributed by atoms with Gasteiger partial charge in [-0.1, -0.05) is 20.3 Å². The Hall–Kier alpha value is -4.35. The molecule has 10 amide bonds. The zero-order chi connectivity index (χ0) is 44.8. The first-order valence-corrected chi connectivity index (χ1v) is 22.7. The Morgan fingerprint density at radius 3 is 2.18 bits per heavy atom. The minimum atomic E-state index is -1.50. The van der Waals surface area contributed by atoms with Gasteiger partial charge in [0.1, 0.15) is 18.1 Å². The van der Waals surface area contributed by atoms with Crippen molar-refractivity contribution >= 4 is 76.8 Å². The molecule has 2 heterocycles. The largest absolute Gasteiger partial charge is 0.391 e. The van der Waals surface area contributed by atoms with Crippen LogP contribution in [0, 0.1) is 11.8 Å². The van der Waals surface area contributed by atoms with Crippen LogP contribution in [0.5, 0.6) is 0 Å². The van der Waals surface area contributed by atoms with Crippen LogP contribution in [0.15, 0.2) is 0 Å². The van der Waals surface area contributed by atoms with E-state index < -0.39 is 84.6 Å². The highest BCUT2D eigenvalue weighted by molar-refractivity contribution is 8.00. The van der Waals surface area contributed by atoms with Gasteiger partial charge >= 0.3 is 6.03 Å². The summed E-state index contributed by atoms with van der Waals surface area (Å²) in [5.41, 5.74) is 6.95. The summed E-state index contributed by atoms with van der Waals surface area (Å²) >= 11 is 3.22. The molecule has 0 spiro atoms. The van der Waals surface area contributed by atoms with Crippen molar-refractivity contribution in [1.29, 1.82) is 0 Å². The number of hydrogen-bond donors (Lipinski definition) is 12. The molecule has 0 aromatic carbocycles. The lowest BCUT2D eigenvalue weighted by Crippen LogP contribution is -2.58. The molecular formula is C37H64N10O11S2. The van der Waals surface area contributed by atoms with Gasteiger partial charge < -0.3 is 53.4 Å². The van der Waals surface area contributed by atoms with E-state index in [9.17, 15) is 48.3 Å². The summed E-state index contributed by atoms with van der Waals surface area (Å²) in [5, 5.41) is 40.5. The third-order valence-corrected chi connectivity index (χ3v) is 12.0. The van der Waals surface area contributed by atoms with Crippen LogP contribution >= 0.6 is 23.5 Å². The molecular weight excluding hydrogens is 825 g/mol. The molecule has 0 aromatic heterocycles. The highest BCUT2D eigenvalue weighted by Gasteiger charge is 2.42. The quantitative estimate of drug-likeness (QED) is 0.0165. The molecule has 23 heteroatoms. The molecule has 2 fully saturated rings. The molecule has 21 nitrogen and oxygen atoms in total. The van der Waals surface area contributed by atoms with Gasteiger partial charge in [0, 0.05) is 36.3 Å². The predicted octanol–water partition coefficient (Wildman–Crippen LogP) is -2.14. The number of primary amides is 1. The minimum Gasteiger partial charge on any atom is -0.391 e. The molecule has 2 saturated heterocycles. The summed E-state index contributed by atoms with van der Waals surface area (Å²) in [4.78, 5) is 112. The highest BCUT2D eigenvalue weighted by atomic mass is 32.2. The highest BCUT2D eigenvalue weighted by Crippen LogP contribution is 2.33. The van der Waals surface area contributed by atoms with Crippen LogP contribution in [-0.2, 0) is 38.4 Å². The third-order valence-electron chi connectivity index (χ3n) is 9.86. The fourth-order valence-corrected chi connectivity index (χ4v) is 8.71. The van der Waals surface area contributed by atoms with Crippen molar-refractivity contribution in [3.8, 4) is 0 Å². The molecule has 0 bridgehead atoms. The number of thioether (sulfide) groups is 2. The van der Waals surface area contributed by atoms with Crippen LogP contribution in [0.3, 0.4) is 0 Å². The maximum atomic E-state index is 13.2. The second-order valence-electron chi connectivity index (χ2n) is 15.4. The maximum absolute atomic E-state index is 13.2. The summed E-state index contributed by atoms with van der Waals surface area (Å²) in [7, 11) is 0. The van der Waals surface area contributed by atoms with Gasteiger partial charge in [-0.2, -0.15) is 23.5 Å². The van der Waals surface area contributed by atoms with E-state index in [4.69, 9.17) is 10.9 Å². The molecule has 0 radical (unpaired) electrons. The first-order chi connectivity index (χ1) is 28.4. The van der Waals surface area contributed by atoms with Gasteiger partial charge in [-0.3, -0.25) is 43.6 Å². The van der Waals surface area contributed by atoms with Gasteiger partial charge in [0.15, 0.2) is 0 Å². The number of unbranched alkanes of at least 4 members (excludes halogenated alkanes) is 2. The molecule has 340 valence electrons. The average molecular weight is 889 g/mol. The molecule has 60 heavy (non-hydrogen) atoms. The van der Waals surface area contributed by atoms with Crippen LogP contribution < -0.4 is 53.7 Å². The van der Waals surface area contributed by atoms with Crippen LogP contribution in [-0.4, -0.2) is 143 Å². The van der Waals surface area contributed by atoms with Gasteiger partial charge in [-0.25, -0.2) is 10.3 Å². The summed E-state index contributed by atoms with van der Waals surface area (Å²) in [6, 6.07) is -3.51. The van der Waals surface area contributed by atoms with E-state index in [0.717, 1.165) is 25.0 Å². The number of carbonyl (C=O) groups is 9. The predicted molar refractivity (Wildman–Crippen MR) is 224 cm³/mol. The van der Waals surface area contributed by atoms with Crippen molar-refractivity contribution < 1.29 is 53.5 Å². The number of aliphatic hydroxyl groups excluding tert-OH is 1. The van der Waals surface area contributed by atoms with Crippen molar-refractivity contribution in [3.63, 3.8) is 0 Å². The first-order valence-electron chi connectivity index (χ1n) is 20.2. The second-order valence-corrected chi connectivity index (χ2v) is 17.6. The fraction of sp³-hybridized carbons (Fsp3) is 0.757. The van der Waals surface area contributed by atoms with E-state index in [0.29, 0.717) is 36.8 Å². The first kappa shape index (κ1) is 51.8. The van der Waals surface area contributed by atoms with Crippen molar-refractivity contribution in [2.24, 2.45) is 17.6 Å². The van der Waals surface area contributed by atoms with Gasteiger partial charge in [0.2, 0.25) is 47.3 Å². The molecule has 2 rings (SSSR count). The Morgan fingerprint density at radius 1 is 0.817 bits per heavy atom. The molecule has 1 unspecified atom stereocenters. The molecule has 0 aliphatic carbocycles. The maximum Gasteiger partial charge on any atom is 0.315 e. The van der Waals surface area contributed by atoms with Crippen molar-refractivity contribution in [2.75, 3.05) is 37.4 Å². The van der Waals surface area contributed by atoms with E-state index in [1.165, 1.54) is 24.2 Å². The Bertz CT molecular complexity index is 1490. The van der Waals surface area contributed by atoms with E-state index >= 15 is 0 Å². The second kappa shape index (κ2) is 27.5. The molecule has 0 saturated carbocycles. The molecule has 2 aliphatic rings. The number of hydrogen-bond acceptors (Lipinski definition) is 13. The van der Waals surface area contributed by atoms with Crippen molar-refractivity contribution in [2.45, 2.75) is 127 Å². The lowest BCUT2D eigenvalue weighted by Gasteiger charge is -2.26. The SMILES string of the molecule is CSCC[C@H](NC(=O)[C@@H](NC(=O)C(CC(=O)NO)CC(C)C)[C@@H](C)O)C(=O)NCC(=O)NCC(=O)N[C@@H](CCCCNC(=O)CCCC[C@@H]1SC[C@@H]2NC(=O)N[C@@H]21)C(N)=O. The number of rotatable bonds is 29. The number of carbonyl (C=O) groups excluding carboxylic acids is 9. The van der Waals surface area contributed by atoms with Crippen LogP contribution in [0.2, 0.25) is 0 Å². The lowest BCUT2D eigenvalue weighted by atomic mass is 9.92. The van der Waals surface area contributed by atoms with Gasteiger partial charge in [0.25, 0.3) is 0 Å². The topological polar surface area (TPSA) is 328 Å². The summed E-state index contributed by atoms with van der Waals surface area (Å²) in [6.07, 6.45) is 4.47. The lowest BCUT2D eigenvalue weighted by molar-refractivity contribution is -0.138.